The van der Waals surface area contributed by atoms with Crippen LogP contribution in [0.1, 0.15) is 52.8 Å². The number of carbonyl (C=O) groups excluding carboxylic acids is 1. The van der Waals surface area contributed by atoms with Crippen LogP contribution in [-0.2, 0) is 37.2 Å². The SMILES string of the molecule is C[C@H](Cc1cccc(CCC(=O)N2CCc3ccccc3C2)c1)NC[C@H](O)c1ccc(O)c(CO)c1. The molecule has 0 saturated carbocycles. The number of nitrogens with one attached hydrogen (secondary N) is 1. The zero-order valence-corrected chi connectivity index (χ0v) is 20.9. The zero-order chi connectivity index (χ0) is 25.5. The average Bonchev–Trinajstić information content (AvgIpc) is 2.90. The van der Waals surface area contributed by atoms with Crippen molar-refractivity contribution < 1.29 is 20.1 Å². The molecule has 1 aliphatic rings. The van der Waals surface area contributed by atoms with Gasteiger partial charge in [-0.2, -0.15) is 0 Å². The molecular weight excluding hydrogens is 452 g/mol. The van der Waals surface area contributed by atoms with E-state index in [1.807, 2.05) is 17.0 Å². The molecule has 3 aromatic carbocycles. The van der Waals surface area contributed by atoms with Crippen LogP contribution in [0.2, 0.25) is 0 Å². The topological polar surface area (TPSA) is 93.0 Å². The summed E-state index contributed by atoms with van der Waals surface area (Å²) < 4.78 is 0. The maximum Gasteiger partial charge on any atom is 0.223 e. The summed E-state index contributed by atoms with van der Waals surface area (Å²) in [5, 5.41) is 32.9. The normalized spacial score (nSPS) is 14.8. The van der Waals surface area contributed by atoms with Gasteiger partial charge < -0.3 is 25.5 Å². The summed E-state index contributed by atoms with van der Waals surface area (Å²) >= 11 is 0. The van der Waals surface area contributed by atoms with Crippen LogP contribution in [0.3, 0.4) is 0 Å². The monoisotopic (exact) mass is 488 g/mol. The number of aliphatic hydroxyl groups is 2. The van der Waals surface area contributed by atoms with Gasteiger partial charge in [-0.1, -0.05) is 54.6 Å². The first-order valence-corrected chi connectivity index (χ1v) is 12.7. The van der Waals surface area contributed by atoms with E-state index in [0.717, 1.165) is 31.4 Å². The number of phenols is 1. The minimum atomic E-state index is -0.738. The van der Waals surface area contributed by atoms with E-state index in [-0.39, 0.29) is 24.3 Å². The molecule has 6 heteroatoms. The maximum atomic E-state index is 12.8. The number of aliphatic hydroxyl groups excluding tert-OH is 2. The Kier molecular flexibility index (Phi) is 8.75. The molecule has 1 heterocycles. The lowest BCUT2D eigenvalue weighted by Gasteiger charge is -2.29. The van der Waals surface area contributed by atoms with E-state index in [2.05, 4.69) is 48.6 Å². The number of amides is 1. The van der Waals surface area contributed by atoms with Crippen molar-refractivity contribution in [3.05, 3.63) is 100 Å². The summed E-state index contributed by atoms with van der Waals surface area (Å²) in [5.74, 6) is 0.232. The summed E-state index contributed by atoms with van der Waals surface area (Å²) in [5.41, 5.74) is 6.01. The van der Waals surface area contributed by atoms with Gasteiger partial charge in [0, 0.05) is 37.7 Å². The third-order valence-corrected chi connectivity index (χ3v) is 6.96. The highest BCUT2D eigenvalue weighted by atomic mass is 16.3. The second-order valence-electron chi connectivity index (χ2n) is 9.73. The minimum absolute atomic E-state index is 0.0256. The Morgan fingerprint density at radius 2 is 1.81 bits per heavy atom. The fourth-order valence-electron chi connectivity index (χ4n) is 4.83. The molecule has 1 aliphatic heterocycles. The number of benzene rings is 3. The van der Waals surface area contributed by atoms with Crippen molar-refractivity contribution in [3.8, 4) is 5.75 Å². The van der Waals surface area contributed by atoms with E-state index in [9.17, 15) is 20.1 Å². The van der Waals surface area contributed by atoms with Gasteiger partial charge in [-0.05, 0) is 66.1 Å². The molecule has 0 fully saturated rings. The molecule has 0 spiro atoms. The number of hydrogen-bond donors (Lipinski definition) is 4. The molecule has 4 rings (SSSR count). The number of nitrogens with zero attached hydrogens (tertiary/aromatic N) is 1. The van der Waals surface area contributed by atoms with Crippen LogP contribution in [0.5, 0.6) is 5.75 Å². The Hall–Kier alpha value is -3.19. The van der Waals surface area contributed by atoms with Crippen LogP contribution >= 0.6 is 0 Å². The van der Waals surface area contributed by atoms with Crippen molar-refractivity contribution in [1.82, 2.24) is 10.2 Å². The fourth-order valence-corrected chi connectivity index (χ4v) is 4.83. The van der Waals surface area contributed by atoms with E-state index in [1.165, 1.54) is 22.8 Å². The molecule has 36 heavy (non-hydrogen) atoms. The Morgan fingerprint density at radius 1 is 1.03 bits per heavy atom. The Balaban J connectivity index is 1.25. The molecule has 1 amide bonds. The number of hydrogen-bond acceptors (Lipinski definition) is 5. The summed E-state index contributed by atoms with van der Waals surface area (Å²) in [6, 6.07) is 21.7. The molecule has 0 saturated heterocycles. The van der Waals surface area contributed by atoms with E-state index < -0.39 is 6.10 Å². The van der Waals surface area contributed by atoms with Crippen LogP contribution in [0.4, 0.5) is 0 Å². The van der Waals surface area contributed by atoms with Crippen molar-refractivity contribution in [2.45, 2.75) is 57.9 Å². The van der Waals surface area contributed by atoms with Gasteiger partial charge in [0.1, 0.15) is 5.75 Å². The minimum Gasteiger partial charge on any atom is -0.508 e. The predicted molar refractivity (Wildman–Crippen MR) is 140 cm³/mol. The van der Waals surface area contributed by atoms with Gasteiger partial charge in [0.15, 0.2) is 0 Å². The first-order valence-electron chi connectivity index (χ1n) is 12.7. The van der Waals surface area contributed by atoms with Crippen molar-refractivity contribution in [1.29, 1.82) is 0 Å². The highest BCUT2D eigenvalue weighted by Crippen LogP contribution is 2.23. The van der Waals surface area contributed by atoms with E-state index >= 15 is 0 Å². The van der Waals surface area contributed by atoms with Crippen LogP contribution < -0.4 is 5.32 Å². The van der Waals surface area contributed by atoms with Gasteiger partial charge in [0.25, 0.3) is 0 Å². The van der Waals surface area contributed by atoms with Crippen LogP contribution in [0, 0.1) is 0 Å². The average molecular weight is 489 g/mol. The molecule has 6 nitrogen and oxygen atoms in total. The highest BCUT2D eigenvalue weighted by molar-refractivity contribution is 5.76. The summed E-state index contributed by atoms with van der Waals surface area (Å²) in [4.78, 5) is 14.8. The highest BCUT2D eigenvalue weighted by Gasteiger charge is 2.20. The Labute approximate surface area is 213 Å². The standard InChI is InChI=1S/C30H36N2O4/c1-21(31-18-29(35)25-10-11-28(34)27(17-25)20-33)15-23-6-4-5-22(16-23)9-12-30(36)32-14-13-24-7-2-3-8-26(24)19-32/h2-8,10-11,16-17,21,29,31,33-35H,9,12-15,18-20H2,1H3/t21-,29+/m1/s1. The fraction of sp³-hybridized carbons (Fsp3) is 0.367. The van der Waals surface area contributed by atoms with Gasteiger partial charge in [0.2, 0.25) is 5.91 Å². The summed E-state index contributed by atoms with van der Waals surface area (Å²) in [6.07, 6.45) is 2.21. The molecule has 190 valence electrons. The molecule has 0 unspecified atom stereocenters. The van der Waals surface area contributed by atoms with Crippen LogP contribution in [0.15, 0.2) is 66.7 Å². The number of fused-ring (bicyclic) bond motifs is 1. The summed E-state index contributed by atoms with van der Waals surface area (Å²) in [6.45, 7) is 3.66. The molecule has 0 aliphatic carbocycles. The Bertz CT molecular complexity index is 1180. The molecule has 0 radical (unpaired) electrons. The number of carbonyl (C=O) groups is 1. The largest absolute Gasteiger partial charge is 0.508 e. The smallest absolute Gasteiger partial charge is 0.223 e. The molecular formula is C30H36N2O4. The number of rotatable bonds is 10. The lowest BCUT2D eigenvalue weighted by molar-refractivity contribution is -0.132. The second-order valence-corrected chi connectivity index (χ2v) is 9.73. The third-order valence-electron chi connectivity index (χ3n) is 6.96. The lowest BCUT2D eigenvalue weighted by Crippen LogP contribution is -2.36. The third kappa shape index (κ3) is 6.72. The molecule has 3 aromatic rings. The van der Waals surface area contributed by atoms with Crippen molar-refractivity contribution in [3.63, 3.8) is 0 Å². The summed E-state index contributed by atoms with van der Waals surface area (Å²) in [7, 11) is 0. The van der Waals surface area contributed by atoms with Crippen molar-refractivity contribution in [2.75, 3.05) is 13.1 Å². The first kappa shape index (κ1) is 25.9. The van der Waals surface area contributed by atoms with Gasteiger partial charge in [-0.3, -0.25) is 4.79 Å². The molecule has 0 bridgehead atoms. The van der Waals surface area contributed by atoms with Crippen molar-refractivity contribution in [2.24, 2.45) is 0 Å². The van der Waals surface area contributed by atoms with Gasteiger partial charge in [-0.15, -0.1) is 0 Å². The van der Waals surface area contributed by atoms with Crippen molar-refractivity contribution >= 4 is 5.91 Å². The molecule has 2 atom stereocenters. The number of aryl methyl sites for hydroxylation is 1. The van der Waals surface area contributed by atoms with E-state index in [0.29, 0.717) is 30.6 Å². The number of aromatic hydroxyl groups is 1. The van der Waals surface area contributed by atoms with Crippen LogP contribution in [-0.4, -0.2) is 45.3 Å². The molecule has 0 aromatic heterocycles. The van der Waals surface area contributed by atoms with Crippen LogP contribution in [0.25, 0.3) is 0 Å². The Morgan fingerprint density at radius 3 is 2.61 bits per heavy atom. The maximum absolute atomic E-state index is 12.8. The van der Waals surface area contributed by atoms with Gasteiger partial charge >= 0.3 is 0 Å². The lowest BCUT2D eigenvalue weighted by atomic mass is 9.98. The second kappa shape index (κ2) is 12.2. The zero-order valence-electron chi connectivity index (χ0n) is 20.9. The van der Waals surface area contributed by atoms with E-state index in [1.54, 1.807) is 12.1 Å². The van der Waals surface area contributed by atoms with Gasteiger partial charge in [0.05, 0.1) is 12.7 Å². The van der Waals surface area contributed by atoms with Gasteiger partial charge in [-0.25, -0.2) is 0 Å². The quantitative estimate of drug-likeness (QED) is 0.350. The predicted octanol–water partition coefficient (Wildman–Crippen LogP) is 3.66. The van der Waals surface area contributed by atoms with E-state index in [4.69, 9.17) is 0 Å². The first-order chi connectivity index (χ1) is 17.4. The molecule has 4 N–H and O–H groups in total.